The van der Waals surface area contributed by atoms with Gasteiger partial charge in [-0.05, 0) is 39.1 Å². The fourth-order valence-corrected chi connectivity index (χ4v) is 2.96. The van der Waals surface area contributed by atoms with Crippen molar-refractivity contribution in [2.45, 2.75) is 19.9 Å². The molecule has 2 rings (SSSR count). The highest BCUT2D eigenvalue weighted by Crippen LogP contribution is 2.29. The van der Waals surface area contributed by atoms with Crippen molar-refractivity contribution >= 4 is 11.5 Å². The summed E-state index contributed by atoms with van der Waals surface area (Å²) in [6, 6.07) is 6.75. The van der Waals surface area contributed by atoms with E-state index in [1.165, 1.54) is 0 Å². The molecule has 1 aromatic carbocycles. The molecule has 0 aliphatic carbocycles. The summed E-state index contributed by atoms with van der Waals surface area (Å²) in [6.07, 6.45) is 0. The zero-order valence-electron chi connectivity index (χ0n) is 12.3. The number of nitrogens with two attached hydrogens (primary N) is 1. The first-order valence-electron chi connectivity index (χ1n) is 6.76. The van der Waals surface area contributed by atoms with Gasteiger partial charge in [0.2, 0.25) is 0 Å². The van der Waals surface area contributed by atoms with E-state index in [9.17, 15) is 0 Å². The van der Waals surface area contributed by atoms with Crippen molar-refractivity contribution in [1.82, 2.24) is 4.90 Å². The van der Waals surface area contributed by atoms with E-state index in [4.69, 9.17) is 11.1 Å². The standard InChI is InChI=1S/C15H24N4/c1-10-5-6-13(12(7-10)15(16)17)19-8-11(2)14(9-19)18(3)4/h5-7,11,14H,8-9H2,1-4H3,(H3,16,17). The van der Waals surface area contributed by atoms with E-state index in [1.54, 1.807) is 0 Å². The molecule has 0 amide bonds. The number of hydrogen-bond donors (Lipinski definition) is 2. The number of aryl methyl sites for hydroxylation is 1. The summed E-state index contributed by atoms with van der Waals surface area (Å²) in [6.45, 7) is 6.33. The van der Waals surface area contributed by atoms with Crippen LogP contribution in [0.5, 0.6) is 0 Å². The average molecular weight is 260 g/mol. The van der Waals surface area contributed by atoms with Crippen LogP contribution >= 0.6 is 0 Å². The molecule has 2 atom stereocenters. The molecule has 0 bridgehead atoms. The molecule has 1 aliphatic rings. The fourth-order valence-electron chi connectivity index (χ4n) is 2.96. The van der Waals surface area contributed by atoms with Crippen molar-refractivity contribution in [3.8, 4) is 0 Å². The number of likely N-dealkylation sites (N-methyl/N-ethyl adjacent to an activating group) is 1. The summed E-state index contributed by atoms with van der Waals surface area (Å²) in [4.78, 5) is 4.64. The van der Waals surface area contributed by atoms with Gasteiger partial charge < -0.3 is 15.5 Å². The Morgan fingerprint density at radius 2 is 2.05 bits per heavy atom. The highest BCUT2D eigenvalue weighted by molar-refractivity contribution is 6.00. The van der Waals surface area contributed by atoms with Gasteiger partial charge in [0.05, 0.1) is 0 Å². The molecule has 0 saturated carbocycles. The SMILES string of the molecule is Cc1ccc(N2CC(C)C(N(C)C)C2)c(C(=N)N)c1. The van der Waals surface area contributed by atoms with E-state index in [1.807, 2.05) is 13.0 Å². The van der Waals surface area contributed by atoms with Crippen LogP contribution in [0.15, 0.2) is 18.2 Å². The van der Waals surface area contributed by atoms with Crippen molar-refractivity contribution in [3.63, 3.8) is 0 Å². The molecule has 2 unspecified atom stereocenters. The van der Waals surface area contributed by atoms with Gasteiger partial charge in [-0.3, -0.25) is 5.41 Å². The molecule has 1 fully saturated rings. The molecular formula is C15H24N4. The quantitative estimate of drug-likeness (QED) is 0.642. The molecule has 1 aliphatic heterocycles. The third-order valence-corrected chi connectivity index (χ3v) is 4.02. The van der Waals surface area contributed by atoms with E-state index in [-0.39, 0.29) is 5.84 Å². The second kappa shape index (κ2) is 5.21. The number of anilines is 1. The molecule has 1 saturated heterocycles. The number of nitrogens with zero attached hydrogens (tertiary/aromatic N) is 2. The Kier molecular flexibility index (Phi) is 3.80. The van der Waals surface area contributed by atoms with Crippen molar-refractivity contribution < 1.29 is 0 Å². The van der Waals surface area contributed by atoms with Crippen LogP contribution in [0.25, 0.3) is 0 Å². The van der Waals surface area contributed by atoms with Gasteiger partial charge in [-0.1, -0.05) is 18.6 Å². The van der Waals surface area contributed by atoms with Crippen LogP contribution in [0, 0.1) is 18.3 Å². The summed E-state index contributed by atoms with van der Waals surface area (Å²) in [5, 5.41) is 7.76. The molecule has 104 valence electrons. The van der Waals surface area contributed by atoms with Gasteiger partial charge in [0.1, 0.15) is 5.84 Å². The molecule has 0 spiro atoms. The van der Waals surface area contributed by atoms with Gasteiger partial charge in [0.25, 0.3) is 0 Å². The first-order valence-corrected chi connectivity index (χ1v) is 6.76. The molecular weight excluding hydrogens is 236 g/mol. The Labute approximate surface area is 115 Å². The van der Waals surface area contributed by atoms with Crippen LogP contribution < -0.4 is 10.6 Å². The fraction of sp³-hybridized carbons (Fsp3) is 0.533. The van der Waals surface area contributed by atoms with Crippen LogP contribution in [0.4, 0.5) is 5.69 Å². The predicted octanol–water partition coefficient (Wildman–Crippen LogP) is 1.67. The highest BCUT2D eigenvalue weighted by Gasteiger charge is 2.32. The Hall–Kier alpha value is -1.55. The lowest BCUT2D eigenvalue weighted by Crippen LogP contribution is -2.34. The molecule has 4 nitrogen and oxygen atoms in total. The van der Waals surface area contributed by atoms with Crippen molar-refractivity contribution in [1.29, 1.82) is 5.41 Å². The zero-order valence-corrected chi connectivity index (χ0v) is 12.3. The van der Waals surface area contributed by atoms with E-state index in [2.05, 4.69) is 43.0 Å². The maximum absolute atomic E-state index is 7.76. The van der Waals surface area contributed by atoms with Crippen LogP contribution in [0.2, 0.25) is 0 Å². The third kappa shape index (κ3) is 2.73. The van der Waals surface area contributed by atoms with E-state index >= 15 is 0 Å². The molecule has 19 heavy (non-hydrogen) atoms. The summed E-state index contributed by atoms with van der Waals surface area (Å²) < 4.78 is 0. The van der Waals surface area contributed by atoms with Crippen LogP contribution in [-0.4, -0.2) is 44.0 Å². The molecule has 0 aromatic heterocycles. The van der Waals surface area contributed by atoms with Crippen molar-refractivity contribution in [3.05, 3.63) is 29.3 Å². The summed E-state index contributed by atoms with van der Waals surface area (Å²) >= 11 is 0. The monoisotopic (exact) mass is 260 g/mol. The number of amidine groups is 1. The van der Waals surface area contributed by atoms with Crippen molar-refractivity contribution in [2.75, 3.05) is 32.1 Å². The lowest BCUT2D eigenvalue weighted by Gasteiger charge is -2.24. The normalized spacial score (nSPS) is 23.1. The summed E-state index contributed by atoms with van der Waals surface area (Å²) in [5.41, 5.74) is 8.82. The smallest absolute Gasteiger partial charge is 0.124 e. The summed E-state index contributed by atoms with van der Waals surface area (Å²) in [5.74, 6) is 0.774. The maximum atomic E-state index is 7.76. The lowest BCUT2D eigenvalue weighted by molar-refractivity contribution is 0.266. The largest absolute Gasteiger partial charge is 0.384 e. The Morgan fingerprint density at radius 1 is 1.37 bits per heavy atom. The topological polar surface area (TPSA) is 56.4 Å². The van der Waals surface area contributed by atoms with Gasteiger partial charge in [0.15, 0.2) is 0 Å². The minimum absolute atomic E-state index is 0.152. The van der Waals surface area contributed by atoms with Gasteiger partial charge in [0, 0.05) is 30.4 Å². The first kappa shape index (κ1) is 13.9. The number of nitrogens with one attached hydrogen (secondary N) is 1. The predicted molar refractivity (Wildman–Crippen MR) is 81.0 cm³/mol. The number of rotatable bonds is 3. The van der Waals surface area contributed by atoms with Gasteiger partial charge in [-0.2, -0.15) is 0 Å². The maximum Gasteiger partial charge on any atom is 0.124 e. The molecule has 0 radical (unpaired) electrons. The number of benzene rings is 1. The molecule has 3 N–H and O–H groups in total. The lowest BCUT2D eigenvalue weighted by atomic mass is 10.1. The minimum atomic E-state index is 0.152. The Balaban J connectivity index is 2.31. The Morgan fingerprint density at radius 3 is 2.58 bits per heavy atom. The second-order valence-corrected chi connectivity index (χ2v) is 5.85. The van der Waals surface area contributed by atoms with Crippen LogP contribution in [0.1, 0.15) is 18.1 Å². The van der Waals surface area contributed by atoms with Gasteiger partial charge >= 0.3 is 0 Å². The Bertz CT molecular complexity index is 481. The number of nitrogen functional groups attached to an aromatic ring is 1. The average Bonchev–Trinajstić information content (AvgIpc) is 2.71. The second-order valence-electron chi connectivity index (χ2n) is 5.85. The molecule has 1 heterocycles. The highest BCUT2D eigenvalue weighted by atomic mass is 15.2. The first-order chi connectivity index (χ1) is 8.90. The molecule has 1 aromatic rings. The van der Waals surface area contributed by atoms with E-state index in [0.717, 1.165) is 29.9 Å². The van der Waals surface area contributed by atoms with Gasteiger partial charge in [-0.25, -0.2) is 0 Å². The van der Waals surface area contributed by atoms with Crippen LogP contribution in [-0.2, 0) is 0 Å². The van der Waals surface area contributed by atoms with Crippen LogP contribution in [0.3, 0.4) is 0 Å². The minimum Gasteiger partial charge on any atom is -0.384 e. The van der Waals surface area contributed by atoms with Crippen molar-refractivity contribution in [2.24, 2.45) is 11.7 Å². The molecule has 4 heteroatoms. The zero-order chi connectivity index (χ0) is 14.2. The number of hydrogen-bond acceptors (Lipinski definition) is 3. The van der Waals surface area contributed by atoms with E-state index in [0.29, 0.717) is 12.0 Å². The van der Waals surface area contributed by atoms with Gasteiger partial charge in [-0.15, -0.1) is 0 Å². The third-order valence-electron chi connectivity index (χ3n) is 4.02. The van der Waals surface area contributed by atoms with E-state index < -0.39 is 0 Å². The summed E-state index contributed by atoms with van der Waals surface area (Å²) in [7, 11) is 4.26.